The third kappa shape index (κ3) is 4.91. The number of hydrogen-bond donors (Lipinski definition) is 1. The first kappa shape index (κ1) is 14.2. The lowest BCUT2D eigenvalue weighted by molar-refractivity contribution is 0.541. The van der Waals surface area contributed by atoms with Crippen LogP contribution in [0.1, 0.15) is 64.0 Å². The zero-order valence-corrected chi connectivity index (χ0v) is 12.0. The minimum Gasteiger partial charge on any atom is -0.315 e. The Hall–Kier alpha value is -0.820. The molecule has 0 bridgehead atoms. The molecule has 0 fully saturated rings. The van der Waals surface area contributed by atoms with E-state index >= 15 is 0 Å². The summed E-state index contributed by atoms with van der Waals surface area (Å²) in [7, 11) is 0. The normalized spacial score (nSPS) is 13.4. The van der Waals surface area contributed by atoms with Gasteiger partial charge >= 0.3 is 0 Å². The Bertz CT molecular complexity index is 311. The number of nitrogens with one attached hydrogen (secondary N) is 1. The Kier molecular flexibility index (Phi) is 5.70. The molecule has 1 nitrogen and oxygen atoms in total. The molecule has 17 heavy (non-hydrogen) atoms. The van der Waals surface area contributed by atoms with E-state index < -0.39 is 0 Å². The molecule has 0 spiro atoms. The first-order valence-corrected chi connectivity index (χ1v) is 6.84. The van der Waals surface area contributed by atoms with E-state index in [9.17, 15) is 0 Å². The van der Waals surface area contributed by atoms with E-state index in [1.165, 1.54) is 17.5 Å². The highest BCUT2D eigenvalue weighted by Gasteiger charge is 2.06. The van der Waals surface area contributed by atoms with Crippen LogP contribution in [0.3, 0.4) is 0 Å². The van der Waals surface area contributed by atoms with Gasteiger partial charge in [0.2, 0.25) is 0 Å². The summed E-state index contributed by atoms with van der Waals surface area (Å²) in [5.41, 5.74) is 2.89. The van der Waals surface area contributed by atoms with E-state index in [0.717, 1.165) is 6.54 Å². The lowest BCUT2D eigenvalue weighted by Crippen LogP contribution is -2.24. The van der Waals surface area contributed by atoms with Gasteiger partial charge in [0.15, 0.2) is 0 Å². The van der Waals surface area contributed by atoms with Crippen molar-refractivity contribution in [3.63, 3.8) is 0 Å². The van der Waals surface area contributed by atoms with Crippen LogP contribution in [-0.2, 0) is 0 Å². The van der Waals surface area contributed by atoms with Gasteiger partial charge in [-0.05, 0) is 35.9 Å². The summed E-state index contributed by atoms with van der Waals surface area (Å²) >= 11 is 0. The van der Waals surface area contributed by atoms with Gasteiger partial charge in [-0.1, -0.05) is 58.9 Å². The molecule has 1 rings (SSSR count). The summed E-state index contributed by atoms with van der Waals surface area (Å²) in [4.78, 5) is 0. The van der Waals surface area contributed by atoms with Crippen molar-refractivity contribution in [3.8, 4) is 0 Å². The summed E-state index contributed by atoms with van der Waals surface area (Å²) in [5.74, 6) is 1.27. The standard InChI is InChI=1S/C16H27N/c1-12(2)15-6-8-16(9-7-15)14(5)10-11-17-13(3)4/h6-9,12-14,17H,10-11H2,1-5H3. The van der Waals surface area contributed by atoms with E-state index in [1.54, 1.807) is 0 Å². The first-order valence-electron chi connectivity index (χ1n) is 6.84. The zero-order valence-electron chi connectivity index (χ0n) is 12.0. The second-order valence-corrected chi connectivity index (χ2v) is 5.62. The second kappa shape index (κ2) is 6.80. The molecule has 1 N–H and O–H groups in total. The molecular weight excluding hydrogens is 206 g/mol. The van der Waals surface area contributed by atoms with E-state index in [-0.39, 0.29) is 0 Å². The van der Waals surface area contributed by atoms with Crippen molar-refractivity contribution >= 4 is 0 Å². The maximum atomic E-state index is 3.48. The maximum absolute atomic E-state index is 3.48. The molecule has 0 saturated carbocycles. The van der Waals surface area contributed by atoms with E-state index in [0.29, 0.717) is 17.9 Å². The monoisotopic (exact) mass is 233 g/mol. The van der Waals surface area contributed by atoms with Crippen LogP contribution in [0.5, 0.6) is 0 Å². The Morgan fingerprint density at radius 3 is 1.88 bits per heavy atom. The van der Waals surface area contributed by atoms with Crippen LogP contribution in [0, 0.1) is 0 Å². The molecule has 0 saturated heterocycles. The van der Waals surface area contributed by atoms with Gasteiger partial charge < -0.3 is 5.32 Å². The Morgan fingerprint density at radius 2 is 1.41 bits per heavy atom. The van der Waals surface area contributed by atoms with E-state index in [1.807, 2.05) is 0 Å². The van der Waals surface area contributed by atoms with Crippen LogP contribution >= 0.6 is 0 Å². The SMILES string of the molecule is CC(C)NCCC(C)c1ccc(C(C)C)cc1. The zero-order chi connectivity index (χ0) is 12.8. The van der Waals surface area contributed by atoms with Crippen molar-refractivity contribution < 1.29 is 0 Å². The molecule has 0 aliphatic rings. The Morgan fingerprint density at radius 1 is 0.882 bits per heavy atom. The Labute approximate surface area is 107 Å². The molecule has 0 amide bonds. The second-order valence-electron chi connectivity index (χ2n) is 5.62. The summed E-state index contributed by atoms with van der Waals surface area (Å²) in [6.07, 6.45) is 1.21. The van der Waals surface area contributed by atoms with Gasteiger partial charge in [-0.3, -0.25) is 0 Å². The van der Waals surface area contributed by atoms with Crippen molar-refractivity contribution in [2.75, 3.05) is 6.54 Å². The van der Waals surface area contributed by atoms with E-state index in [4.69, 9.17) is 0 Å². The van der Waals surface area contributed by atoms with Gasteiger partial charge in [-0.15, -0.1) is 0 Å². The van der Waals surface area contributed by atoms with Gasteiger partial charge in [0, 0.05) is 6.04 Å². The molecule has 1 aromatic rings. The molecule has 0 aliphatic carbocycles. The summed E-state index contributed by atoms with van der Waals surface area (Å²) in [6.45, 7) is 12.3. The average molecular weight is 233 g/mol. The van der Waals surface area contributed by atoms with Gasteiger partial charge in [-0.2, -0.15) is 0 Å². The topological polar surface area (TPSA) is 12.0 Å². The van der Waals surface area contributed by atoms with E-state index in [2.05, 4.69) is 64.2 Å². The fourth-order valence-electron chi connectivity index (χ4n) is 1.96. The molecule has 0 aromatic heterocycles. The van der Waals surface area contributed by atoms with Gasteiger partial charge in [0.1, 0.15) is 0 Å². The largest absolute Gasteiger partial charge is 0.315 e. The third-order valence-electron chi connectivity index (χ3n) is 3.30. The van der Waals surface area contributed by atoms with Gasteiger partial charge in [-0.25, -0.2) is 0 Å². The van der Waals surface area contributed by atoms with Crippen LogP contribution in [-0.4, -0.2) is 12.6 Å². The van der Waals surface area contributed by atoms with Crippen LogP contribution in [0.15, 0.2) is 24.3 Å². The molecule has 1 atom stereocenters. The quantitative estimate of drug-likeness (QED) is 0.772. The minimum absolute atomic E-state index is 0.588. The third-order valence-corrected chi connectivity index (χ3v) is 3.30. The molecule has 0 radical (unpaired) electrons. The highest BCUT2D eigenvalue weighted by atomic mass is 14.9. The highest BCUT2D eigenvalue weighted by molar-refractivity contribution is 5.26. The van der Waals surface area contributed by atoms with Crippen molar-refractivity contribution in [2.45, 2.75) is 58.9 Å². The number of rotatable bonds is 6. The summed E-state index contributed by atoms with van der Waals surface area (Å²) in [6, 6.07) is 9.70. The summed E-state index contributed by atoms with van der Waals surface area (Å²) in [5, 5.41) is 3.48. The predicted octanol–water partition coefficient (Wildman–Crippen LogP) is 4.30. The lowest BCUT2D eigenvalue weighted by atomic mass is 9.94. The molecule has 1 unspecified atom stereocenters. The molecule has 0 aliphatic heterocycles. The molecular formula is C16H27N. The van der Waals surface area contributed by atoms with Crippen LogP contribution in [0.25, 0.3) is 0 Å². The molecule has 1 heteroatoms. The number of hydrogen-bond acceptors (Lipinski definition) is 1. The molecule has 1 aromatic carbocycles. The maximum Gasteiger partial charge on any atom is 0.00103 e. The summed E-state index contributed by atoms with van der Waals surface area (Å²) < 4.78 is 0. The fraction of sp³-hybridized carbons (Fsp3) is 0.625. The van der Waals surface area contributed by atoms with Gasteiger partial charge in [0.05, 0.1) is 0 Å². The highest BCUT2D eigenvalue weighted by Crippen LogP contribution is 2.21. The molecule has 0 heterocycles. The smallest absolute Gasteiger partial charge is 0.00103 e. The van der Waals surface area contributed by atoms with Crippen LogP contribution in [0.4, 0.5) is 0 Å². The van der Waals surface area contributed by atoms with Crippen molar-refractivity contribution in [3.05, 3.63) is 35.4 Å². The molecule has 96 valence electrons. The van der Waals surface area contributed by atoms with Crippen molar-refractivity contribution in [1.82, 2.24) is 5.32 Å². The minimum atomic E-state index is 0.588. The average Bonchev–Trinajstić information content (AvgIpc) is 2.28. The Balaban J connectivity index is 2.48. The number of benzene rings is 1. The first-order chi connectivity index (χ1) is 8.00. The lowest BCUT2D eigenvalue weighted by Gasteiger charge is -2.15. The van der Waals surface area contributed by atoms with Crippen molar-refractivity contribution in [1.29, 1.82) is 0 Å². The fourth-order valence-corrected chi connectivity index (χ4v) is 1.96. The van der Waals surface area contributed by atoms with Crippen LogP contribution in [0.2, 0.25) is 0 Å². The van der Waals surface area contributed by atoms with Gasteiger partial charge in [0.25, 0.3) is 0 Å². The predicted molar refractivity (Wildman–Crippen MR) is 76.7 cm³/mol. The van der Waals surface area contributed by atoms with Crippen LogP contribution < -0.4 is 5.32 Å². The van der Waals surface area contributed by atoms with Crippen molar-refractivity contribution in [2.24, 2.45) is 0 Å².